The minimum atomic E-state index is -0.633. The zero-order chi connectivity index (χ0) is 24.5. The molecule has 8 nitrogen and oxygen atoms in total. The SMILES string of the molecule is Cn1nccc1-n1ccc(C(=O)N[C@@H](Cc2cccc(F)c2)CN2C(=O)c3ccccc3C2=O)c1. The summed E-state index contributed by atoms with van der Waals surface area (Å²) >= 11 is 0. The average Bonchev–Trinajstić information content (AvgIpc) is 3.55. The van der Waals surface area contributed by atoms with Crippen molar-refractivity contribution >= 4 is 17.7 Å². The largest absolute Gasteiger partial charge is 0.347 e. The van der Waals surface area contributed by atoms with Crippen LogP contribution in [0.3, 0.4) is 0 Å². The molecule has 176 valence electrons. The van der Waals surface area contributed by atoms with E-state index in [0.717, 1.165) is 10.7 Å². The molecule has 0 unspecified atom stereocenters. The van der Waals surface area contributed by atoms with Crippen molar-refractivity contribution in [1.82, 2.24) is 24.6 Å². The van der Waals surface area contributed by atoms with Crippen LogP contribution in [0.25, 0.3) is 5.82 Å². The Hall–Kier alpha value is -4.53. The number of hydrogen-bond acceptors (Lipinski definition) is 4. The Morgan fingerprint density at radius 1 is 1.03 bits per heavy atom. The van der Waals surface area contributed by atoms with E-state index in [0.29, 0.717) is 22.3 Å². The molecule has 2 aromatic carbocycles. The fraction of sp³-hybridized carbons (Fsp3) is 0.154. The number of nitrogens with zero attached hydrogens (tertiary/aromatic N) is 4. The van der Waals surface area contributed by atoms with Crippen LogP contribution in [0.4, 0.5) is 4.39 Å². The van der Waals surface area contributed by atoms with Crippen molar-refractivity contribution in [2.24, 2.45) is 7.05 Å². The van der Waals surface area contributed by atoms with Crippen molar-refractivity contribution < 1.29 is 18.8 Å². The van der Waals surface area contributed by atoms with Crippen molar-refractivity contribution in [3.63, 3.8) is 0 Å². The van der Waals surface area contributed by atoms with E-state index in [4.69, 9.17) is 0 Å². The van der Waals surface area contributed by atoms with Crippen LogP contribution in [-0.4, -0.2) is 49.6 Å². The number of aryl methyl sites for hydroxylation is 1. The summed E-state index contributed by atoms with van der Waals surface area (Å²) in [5, 5.41) is 7.06. The van der Waals surface area contributed by atoms with Gasteiger partial charge in [0.1, 0.15) is 11.6 Å². The maximum Gasteiger partial charge on any atom is 0.261 e. The lowest BCUT2D eigenvalue weighted by Gasteiger charge is -2.24. The van der Waals surface area contributed by atoms with Gasteiger partial charge in [0.15, 0.2) is 0 Å². The predicted molar refractivity (Wildman–Crippen MR) is 126 cm³/mol. The number of halogens is 1. The van der Waals surface area contributed by atoms with Gasteiger partial charge in [-0.3, -0.25) is 24.0 Å². The second kappa shape index (κ2) is 9.02. The number of nitrogens with one attached hydrogen (secondary N) is 1. The summed E-state index contributed by atoms with van der Waals surface area (Å²) in [5.41, 5.74) is 1.71. The van der Waals surface area contributed by atoms with Gasteiger partial charge in [0, 0.05) is 32.1 Å². The molecule has 4 aromatic rings. The van der Waals surface area contributed by atoms with Gasteiger partial charge >= 0.3 is 0 Å². The number of amides is 3. The number of rotatable bonds is 7. The van der Waals surface area contributed by atoms with Gasteiger partial charge in [0.2, 0.25) is 0 Å². The lowest BCUT2D eigenvalue weighted by atomic mass is 10.0. The van der Waals surface area contributed by atoms with Crippen LogP contribution in [0.15, 0.2) is 79.3 Å². The fourth-order valence-electron chi connectivity index (χ4n) is 4.30. The van der Waals surface area contributed by atoms with Gasteiger partial charge in [-0.15, -0.1) is 0 Å². The Morgan fingerprint density at radius 2 is 1.77 bits per heavy atom. The first-order valence-corrected chi connectivity index (χ1v) is 11.1. The molecule has 3 amide bonds. The Bertz CT molecular complexity index is 1410. The van der Waals surface area contributed by atoms with Gasteiger partial charge in [0.05, 0.1) is 28.9 Å². The first-order valence-electron chi connectivity index (χ1n) is 11.1. The van der Waals surface area contributed by atoms with E-state index in [9.17, 15) is 18.8 Å². The summed E-state index contributed by atoms with van der Waals surface area (Å²) in [6.45, 7) is -0.0446. The van der Waals surface area contributed by atoms with Gasteiger partial charge in [-0.05, 0) is 42.3 Å². The van der Waals surface area contributed by atoms with Crippen LogP contribution >= 0.6 is 0 Å². The molecule has 0 spiro atoms. The highest BCUT2D eigenvalue weighted by Crippen LogP contribution is 2.23. The molecule has 1 aliphatic rings. The molecule has 0 aliphatic carbocycles. The number of carbonyl (C=O) groups excluding carboxylic acids is 3. The number of imide groups is 1. The average molecular weight is 471 g/mol. The number of hydrogen-bond donors (Lipinski definition) is 1. The van der Waals surface area contributed by atoms with E-state index in [1.54, 1.807) is 77.4 Å². The summed E-state index contributed by atoms with van der Waals surface area (Å²) in [7, 11) is 1.80. The van der Waals surface area contributed by atoms with Crippen LogP contribution in [0.5, 0.6) is 0 Å². The Morgan fingerprint density at radius 3 is 2.43 bits per heavy atom. The van der Waals surface area contributed by atoms with Gasteiger partial charge in [0.25, 0.3) is 17.7 Å². The van der Waals surface area contributed by atoms with Crippen molar-refractivity contribution in [3.8, 4) is 5.82 Å². The van der Waals surface area contributed by atoms with E-state index < -0.39 is 23.7 Å². The van der Waals surface area contributed by atoms with E-state index >= 15 is 0 Å². The zero-order valence-corrected chi connectivity index (χ0v) is 18.9. The number of carbonyl (C=O) groups is 3. The van der Waals surface area contributed by atoms with E-state index in [1.165, 1.54) is 12.1 Å². The van der Waals surface area contributed by atoms with Crippen molar-refractivity contribution in [2.75, 3.05) is 6.54 Å². The predicted octanol–water partition coefficient (Wildman–Crippen LogP) is 2.99. The maximum absolute atomic E-state index is 13.8. The molecule has 1 N–H and O–H groups in total. The van der Waals surface area contributed by atoms with E-state index in [-0.39, 0.29) is 18.9 Å². The van der Waals surface area contributed by atoms with Gasteiger partial charge < -0.3 is 9.88 Å². The molecule has 0 bridgehead atoms. The third-order valence-corrected chi connectivity index (χ3v) is 6.00. The topological polar surface area (TPSA) is 89.2 Å². The highest BCUT2D eigenvalue weighted by atomic mass is 19.1. The summed E-state index contributed by atoms with van der Waals surface area (Å²) in [6, 6.07) is 15.5. The summed E-state index contributed by atoms with van der Waals surface area (Å²) in [6.07, 6.45) is 5.32. The third-order valence-electron chi connectivity index (χ3n) is 6.00. The first kappa shape index (κ1) is 22.3. The molecule has 0 radical (unpaired) electrons. The van der Waals surface area contributed by atoms with Crippen LogP contribution in [-0.2, 0) is 13.5 Å². The van der Waals surface area contributed by atoms with E-state index in [2.05, 4.69) is 10.4 Å². The minimum absolute atomic E-state index is 0.0446. The second-order valence-corrected chi connectivity index (χ2v) is 8.39. The molecule has 35 heavy (non-hydrogen) atoms. The zero-order valence-electron chi connectivity index (χ0n) is 18.9. The van der Waals surface area contributed by atoms with Gasteiger partial charge in [-0.25, -0.2) is 4.39 Å². The summed E-state index contributed by atoms with van der Waals surface area (Å²) < 4.78 is 17.3. The molecule has 0 fully saturated rings. The normalized spacial score (nSPS) is 13.7. The Labute approximate surface area is 200 Å². The van der Waals surface area contributed by atoms with Gasteiger partial charge in [-0.2, -0.15) is 5.10 Å². The van der Waals surface area contributed by atoms with Crippen molar-refractivity contribution in [2.45, 2.75) is 12.5 Å². The highest BCUT2D eigenvalue weighted by molar-refractivity contribution is 6.21. The lowest BCUT2D eigenvalue weighted by Crippen LogP contribution is -2.46. The Balaban J connectivity index is 1.38. The highest BCUT2D eigenvalue weighted by Gasteiger charge is 2.36. The molecule has 1 atom stereocenters. The van der Waals surface area contributed by atoms with Crippen molar-refractivity contribution in [3.05, 3.63) is 107 Å². The molecular weight excluding hydrogens is 449 g/mol. The minimum Gasteiger partial charge on any atom is -0.347 e. The summed E-state index contributed by atoms with van der Waals surface area (Å²) in [4.78, 5) is 40.0. The fourth-order valence-corrected chi connectivity index (χ4v) is 4.30. The number of benzene rings is 2. The van der Waals surface area contributed by atoms with Crippen LogP contribution in [0.1, 0.15) is 36.6 Å². The van der Waals surface area contributed by atoms with Gasteiger partial charge in [-0.1, -0.05) is 24.3 Å². The maximum atomic E-state index is 13.8. The third kappa shape index (κ3) is 4.35. The Kier molecular flexibility index (Phi) is 5.74. The summed E-state index contributed by atoms with van der Waals surface area (Å²) in [5.74, 6) is -0.810. The molecule has 1 aliphatic heterocycles. The number of aromatic nitrogens is 3. The monoisotopic (exact) mass is 471 g/mol. The first-order chi connectivity index (χ1) is 16.9. The standard InChI is InChI=1S/C26H22FN5O3/c1-30-23(9-11-28-30)31-12-10-18(15-31)24(33)29-20(14-17-5-4-6-19(27)13-17)16-32-25(34)21-7-2-3-8-22(21)26(32)35/h2-13,15,20H,14,16H2,1H3,(H,29,33)/t20-/m0/s1. The quantitative estimate of drug-likeness (QED) is 0.420. The second-order valence-electron chi connectivity index (χ2n) is 8.39. The van der Waals surface area contributed by atoms with Crippen LogP contribution < -0.4 is 5.32 Å². The van der Waals surface area contributed by atoms with E-state index in [1.807, 2.05) is 6.07 Å². The van der Waals surface area contributed by atoms with Crippen LogP contribution in [0.2, 0.25) is 0 Å². The molecule has 3 heterocycles. The lowest BCUT2D eigenvalue weighted by molar-refractivity contribution is 0.0628. The number of fused-ring (bicyclic) bond motifs is 1. The molecule has 0 saturated carbocycles. The molecule has 9 heteroatoms. The smallest absolute Gasteiger partial charge is 0.261 e. The molecule has 2 aromatic heterocycles. The molecule has 0 saturated heterocycles. The molecular formula is C26H22FN5O3. The molecule has 5 rings (SSSR count). The van der Waals surface area contributed by atoms with Crippen LogP contribution in [0, 0.1) is 5.82 Å². The van der Waals surface area contributed by atoms with Crippen molar-refractivity contribution in [1.29, 1.82) is 0 Å².